The lowest BCUT2D eigenvalue weighted by atomic mass is 10.3. The molecular weight excluding hydrogens is 417 g/mol. The number of carbonyl (C=O) groups is 1. The lowest BCUT2D eigenvalue weighted by Gasteiger charge is -2.17. The number of halogens is 1. The number of nitrogens with one attached hydrogen (secondary N) is 1. The van der Waals surface area contributed by atoms with E-state index in [9.17, 15) is 9.18 Å². The summed E-state index contributed by atoms with van der Waals surface area (Å²) in [6.45, 7) is 0.380. The van der Waals surface area contributed by atoms with Crippen molar-refractivity contribution in [3.8, 4) is 47.7 Å². The Balaban J connectivity index is 1.82. The fraction of sp³-hybridized carbons (Fsp3) is 0.292. The summed E-state index contributed by atoms with van der Waals surface area (Å²) in [7, 11) is 1.51. The molecule has 168 valence electrons. The molecule has 1 atom stereocenters. The van der Waals surface area contributed by atoms with Gasteiger partial charge in [0, 0.05) is 6.07 Å². The Hall–Kier alpha value is -3.88. The molecule has 1 N–H and O–H groups in total. The van der Waals surface area contributed by atoms with Gasteiger partial charge < -0.3 is 29.0 Å². The molecule has 0 fully saturated rings. The molecule has 0 aliphatic heterocycles. The molecule has 2 aromatic carbocycles. The van der Waals surface area contributed by atoms with Gasteiger partial charge in [-0.3, -0.25) is 4.79 Å². The Labute approximate surface area is 186 Å². The lowest BCUT2D eigenvalue weighted by Crippen LogP contribution is -2.41. The highest BCUT2D eigenvalue weighted by atomic mass is 19.1. The number of methoxy groups -OCH3 is 1. The molecule has 0 radical (unpaired) electrons. The second-order valence-corrected chi connectivity index (χ2v) is 6.21. The largest absolute Gasteiger partial charge is 0.493 e. The number of rotatable bonds is 13. The first-order valence-corrected chi connectivity index (χ1v) is 9.65. The van der Waals surface area contributed by atoms with Crippen molar-refractivity contribution in [3.05, 3.63) is 48.3 Å². The molecule has 0 aromatic heterocycles. The Morgan fingerprint density at radius 1 is 1.00 bits per heavy atom. The molecule has 0 aliphatic rings. The van der Waals surface area contributed by atoms with Crippen molar-refractivity contribution in [2.75, 3.05) is 40.1 Å². The third kappa shape index (κ3) is 8.10. The van der Waals surface area contributed by atoms with Gasteiger partial charge in [0.05, 0.1) is 13.7 Å². The minimum absolute atomic E-state index is 0.0603. The average molecular weight is 441 g/mol. The van der Waals surface area contributed by atoms with E-state index in [-0.39, 0.29) is 38.8 Å². The van der Waals surface area contributed by atoms with E-state index in [1.807, 2.05) is 0 Å². The first kappa shape index (κ1) is 24.4. The van der Waals surface area contributed by atoms with Gasteiger partial charge in [-0.1, -0.05) is 11.8 Å². The first-order chi connectivity index (χ1) is 15.6. The third-order valence-electron chi connectivity index (χ3n) is 3.99. The Bertz CT molecular complexity index is 948. The number of benzene rings is 2. The molecule has 8 heteroatoms. The molecule has 32 heavy (non-hydrogen) atoms. The van der Waals surface area contributed by atoms with Gasteiger partial charge in [0.1, 0.15) is 43.7 Å². The molecule has 0 saturated carbocycles. The summed E-state index contributed by atoms with van der Waals surface area (Å²) in [5.41, 5.74) is 0. The van der Waals surface area contributed by atoms with Crippen LogP contribution in [0.15, 0.2) is 42.5 Å². The summed E-state index contributed by atoms with van der Waals surface area (Å²) >= 11 is 0. The van der Waals surface area contributed by atoms with Crippen LogP contribution in [0.3, 0.4) is 0 Å². The number of carbonyl (C=O) groups excluding carboxylic acids is 1. The van der Waals surface area contributed by atoms with Gasteiger partial charge in [0.15, 0.2) is 17.6 Å². The molecule has 1 amide bonds. The van der Waals surface area contributed by atoms with Gasteiger partial charge in [0.2, 0.25) is 0 Å². The molecule has 0 aliphatic carbocycles. The van der Waals surface area contributed by atoms with Crippen molar-refractivity contribution < 1.29 is 32.9 Å². The van der Waals surface area contributed by atoms with Crippen molar-refractivity contribution in [3.63, 3.8) is 0 Å². The van der Waals surface area contributed by atoms with Gasteiger partial charge in [-0.15, -0.1) is 12.8 Å². The highest BCUT2D eigenvalue weighted by Gasteiger charge is 2.20. The van der Waals surface area contributed by atoms with Crippen LogP contribution in [0.2, 0.25) is 0 Å². The first-order valence-electron chi connectivity index (χ1n) is 9.65. The fourth-order valence-corrected chi connectivity index (χ4v) is 2.48. The van der Waals surface area contributed by atoms with Crippen LogP contribution in [-0.4, -0.2) is 52.1 Å². The minimum atomic E-state index is -0.941. The minimum Gasteiger partial charge on any atom is -0.493 e. The monoisotopic (exact) mass is 441 g/mol. The van der Waals surface area contributed by atoms with Crippen LogP contribution in [0, 0.1) is 30.5 Å². The van der Waals surface area contributed by atoms with Gasteiger partial charge in [-0.05, 0) is 36.4 Å². The molecule has 7 nitrogen and oxygen atoms in total. The molecule has 0 spiro atoms. The normalized spacial score (nSPS) is 10.9. The number of hydrogen-bond donors (Lipinski definition) is 1. The predicted octanol–water partition coefficient (Wildman–Crippen LogP) is 2.44. The zero-order valence-corrected chi connectivity index (χ0v) is 17.6. The maximum Gasteiger partial charge on any atom is 0.252 e. The molecule has 0 heterocycles. The molecule has 0 bridgehead atoms. The van der Waals surface area contributed by atoms with E-state index < -0.39 is 12.0 Å². The number of hydrogen-bond acceptors (Lipinski definition) is 6. The number of terminal acetylenes is 2. The molecular formula is C24H24FNO6. The van der Waals surface area contributed by atoms with Crippen LogP contribution in [0.5, 0.6) is 23.0 Å². The van der Waals surface area contributed by atoms with E-state index in [0.29, 0.717) is 23.0 Å². The summed E-state index contributed by atoms with van der Waals surface area (Å²) in [5.74, 6) is 5.80. The van der Waals surface area contributed by atoms with E-state index in [2.05, 4.69) is 17.2 Å². The Kier molecular flexibility index (Phi) is 10.2. The SMILES string of the molecule is C#CCOc1ccc(OCCNC(=O)C(COc2ccc(F)cc2)OCC#C)cc1OC. The smallest absolute Gasteiger partial charge is 0.252 e. The van der Waals surface area contributed by atoms with Crippen LogP contribution < -0.4 is 24.3 Å². The summed E-state index contributed by atoms with van der Waals surface area (Å²) in [6.07, 6.45) is 9.46. The quantitative estimate of drug-likeness (QED) is 0.380. The predicted molar refractivity (Wildman–Crippen MR) is 116 cm³/mol. The molecule has 2 rings (SSSR count). The average Bonchev–Trinajstić information content (AvgIpc) is 2.81. The third-order valence-corrected chi connectivity index (χ3v) is 3.99. The fourth-order valence-electron chi connectivity index (χ4n) is 2.48. The molecule has 1 unspecified atom stereocenters. The van der Waals surface area contributed by atoms with Gasteiger partial charge in [-0.25, -0.2) is 4.39 Å². The van der Waals surface area contributed by atoms with Gasteiger partial charge >= 0.3 is 0 Å². The van der Waals surface area contributed by atoms with Crippen LogP contribution in [0.25, 0.3) is 0 Å². The topological polar surface area (TPSA) is 75.3 Å². The van der Waals surface area contributed by atoms with Gasteiger partial charge in [0.25, 0.3) is 5.91 Å². The zero-order chi connectivity index (χ0) is 23.2. The summed E-state index contributed by atoms with van der Waals surface area (Å²) in [6, 6.07) is 10.5. The second-order valence-electron chi connectivity index (χ2n) is 6.21. The second kappa shape index (κ2) is 13.4. The summed E-state index contributed by atoms with van der Waals surface area (Å²) in [4.78, 5) is 12.4. The van der Waals surface area contributed by atoms with Crippen molar-refractivity contribution >= 4 is 5.91 Å². The number of amides is 1. The molecule has 0 saturated heterocycles. The van der Waals surface area contributed by atoms with E-state index in [4.69, 9.17) is 36.5 Å². The van der Waals surface area contributed by atoms with E-state index in [1.54, 1.807) is 18.2 Å². The van der Waals surface area contributed by atoms with E-state index >= 15 is 0 Å². The Morgan fingerprint density at radius 2 is 1.72 bits per heavy atom. The maximum absolute atomic E-state index is 13.0. The maximum atomic E-state index is 13.0. The van der Waals surface area contributed by atoms with Gasteiger partial charge in [-0.2, -0.15) is 0 Å². The van der Waals surface area contributed by atoms with Crippen LogP contribution in [0.4, 0.5) is 4.39 Å². The van der Waals surface area contributed by atoms with E-state index in [0.717, 1.165) is 0 Å². The summed E-state index contributed by atoms with van der Waals surface area (Å²) < 4.78 is 40.1. The lowest BCUT2D eigenvalue weighted by molar-refractivity contribution is -0.133. The van der Waals surface area contributed by atoms with Crippen molar-refractivity contribution in [1.29, 1.82) is 0 Å². The van der Waals surface area contributed by atoms with Crippen LogP contribution in [-0.2, 0) is 9.53 Å². The summed E-state index contributed by atoms with van der Waals surface area (Å²) in [5, 5.41) is 2.70. The van der Waals surface area contributed by atoms with Crippen molar-refractivity contribution in [2.45, 2.75) is 6.10 Å². The highest BCUT2D eigenvalue weighted by Crippen LogP contribution is 2.31. The van der Waals surface area contributed by atoms with E-state index in [1.165, 1.54) is 31.4 Å². The van der Waals surface area contributed by atoms with Crippen molar-refractivity contribution in [2.24, 2.45) is 0 Å². The number of ether oxygens (including phenoxy) is 5. The van der Waals surface area contributed by atoms with Crippen LogP contribution >= 0.6 is 0 Å². The zero-order valence-electron chi connectivity index (χ0n) is 17.6. The standard InChI is InChI=1S/C24H24FNO6/c1-4-13-30-21-11-10-20(16-22(21)28-3)29-15-12-26-24(27)23(31-14-5-2)17-32-19-8-6-18(25)7-9-19/h1-2,6-11,16,23H,12-15,17H2,3H3,(H,26,27). The highest BCUT2D eigenvalue weighted by molar-refractivity contribution is 5.81. The van der Waals surface area contributed by atoms with Crippen molar-refractivity contribution in [1.82, 2.24) is 5.32 Å². The van der Waals surface area contributed by atoms with Crippen LogP contribution in [0.1, 0.15) is 0 Å². The Morgan fingerprint density at radius 3 is 2.41 bits per heavy atom. The molecule has 2 aromatic rings.